The van der Waals surface area contributed by atoms with Gasteiger partial charge in [-0.25, -0.2) is 0 Å². The predicted molar refractivity (Wildman–Crippen MR) is 249 cm³/mol. The van der Waals surface area contributed by atoms with Crippen LogP contribution >= 0.6 is 0 Å². The molecule has 0 saturated heterocycles. The summed E-state index contributed by atoms with van der Waals surface area (Å²) in [5.41, 5.74) is 12.3. The first-order valence-electron chi connectivity index (χ1n) is 20.2. The van der Waals surface area contributed by atoms with E-state index in [2.05, 4.69) is 210 Å². The Morgan fingerprint density at radius 1 is 0.283 bits per heavy atom. The molecule has 0 bridgehead atoms. The van der Waals surface area contributed by atoms with Crippen LogP contribution in [-0.2, 0) is 0 Å². The highest BCUT2D eigenvalue weighted by atomic mass is 16.3. The van der Waals surface area contributed by atoms with E-state index in [1.54, 1.807) is 0 Å². The topological polar surface area (TPSA) is 32.8 Å². The van der Waals surface area contributed by atoms with Gasteiger partial charge in [-0.2, -0.15) is 0 Å². The summed E-state index contributed by atoms with van der Waals surface area (Å²) in [6.45, 7) is 0. The molecule has 0 aliphatic heterocycles. The molecule has 60 heavy (non-hydrogen) atoms. The smallest absolute Gasteiger partial charge is 0.143 e. The fraction of sp³-hybridized carbons (Fsp3) is 0. The van der Waals surface area contributed by atoms with Crippen molar-refractivity contribution in [1.82, 2.24) is 0 Å². The molecule has 0 saturated carbocycles. The van der Waals surface area contributed by atoms with E-state index in [1.807, 2.05) is 30.3 Å². The lowest BCUT2D eigenvalue weighted by Crippen LogP contribution is -2.09. The first kappa shape index (κ1) is 35.1. The number of hydrogen-bond donors (Lipinski definition) is 0. The van der Waals surface area contributed by atoms with Crippen LogP contribution in [0.5, 0.6) is 0 Å². The Morgan fingerprint density at radius 2 is 0.667 bits per heavy atom. The highest BCUT2D eigenvalue weighted by molar-refractivity contribution is 6.21. The van der Waals surface area contributed by atoms with Gasteiger partial charge < -0.3 is 18.6 Å². The third-order valence-corrected chi connectivity index (χ3v) is 11.2. The molecule has 0 amide bonds. The van der Waals surface area contributed by atoms with Crippen LogP contribution < -0.4 is 9.80 Å². The molecule has 11 rings (SSSR count). The summed E-state index contributed by atoms with van der Waals surface area (Å²) in [7, 11) is 0. The highest BCUT2D eigenvalue weighted by Crippen LogP contribution is 2.45. The van der Waals surface area contributed by atoms with Crippen LogP contribution in [0, 0.1) is 0 Å². The monoisotopic (exact) mass is 770 g/mol. The molecule has 0 aliphatic rings. The van der Waals surface area contributed by atoms with Crippen molar-refractivity contribution in [3.8, 4) is 33.8 Å². The minimum atomic E-state index is 0.799. The van der Waals surface area contributed by atoms with Crippen molar-refractivity contribution < 1.29 is 8.83 Å². The lowest BCUT2D eigenvalue weighted by Gasteiger charge is -2.25. The first-order chi connectivity index (χ1) is 29.7. The predicted octanol–water partition coefficient (Wildman–Crippen LogP) is 16.3. The molecule has 0 atom stereocenters. The minimum absolute atomic E-state index is 0.799. The Kier molecular flexibility index (Phi) is 8.79. The summed E-state index contributed by atoms with van der Waals surface area (Å²) in [4.78, 5) is 4.54. The lowest BCUT2D eigenvalue weighted by molar-refractivity contribution is 0.631. The van der Waals surface area contributed by atoms with E-state index in [0.717, 1.165) is 101 Å². The summed E-state index contributed by atoms with van der Waals surface area (Å²) in [6, 6.07) is 80.5. The molecule has 4 heteroatoms. The number of rotatable bonds is 9. The highest BCUT2D eigenvalue weighted by Gasteiger charge is 2.21. The van der Waals surface area contributed by atoms with Crippen LogP contribution in [0.2, 0.25) is 0 Å². The Bertz CT molecular complexity index is 3140. The van der Waals surface area contributed by atoms with Crippen LogP contribution in [0.15, 0.2) is 239 Å². The second-order valence-electron chi connectivity index (χ2n) is 14.9. The zero-order valence-corrected chi connectivity index (χ0v) is 32.7. The summed E-state index contributed by atoms with van der Waals surface area (Å²) >= 11 is 0. The molecule has 9 aromatic carbocycles. The maximum atomic E-state index is 6.91. The van der Waals surface area contributed by atoms with Gasteiger partial charge in [-0.05, 0) is 126 Å². The van der Waals surface area contributed by atoms with Gasteiger partial charge in [0, 0.05) is 67.0 Å². The van der Waals surface area contributed by atoms with Gasteiger partial charge in [0.05, 0.1) is 0 Å². The maximum Gasteiger partial charge on any atom is 0.143 e. The van der Waals surface area contributed by atoms with E-state index in [0.29, 0.717) is 0 Å². The summed E-state index contributed by atoms with van der Waals surface area (Å²) in [6.07, 6.45) is 0. The van der Waals surface area contributed by atoms with Gasteiger partial charge in [0.1, 0.15) is 22.7 Å². The summed E-state index contributed by atoms with van der Waals surface area (Å²) in [5.74, 6) is 1.61. The summed E-state index contributed by atoms with van der Waals surface area (Å²) < 4.78 is 13.8. The third-order valence-electron chi connectivity index (χ3n) is 11.2. The van der Waals surface area contributed by atoms with Crippen molar-refractivity contribution in [3.63, 3.8) is 0 Å². The molecule has 0 unspecified atom stereocenters. The van der Waals surface area contributed by atoms with Gasteiger partial charge in [0.25, 0.3) is 0 Å². The van der Waals surface area contributed by atoms with Crippen molar-refractivity contribution in [3.05, 3.63) is 231 Å². The summed E-state index contributed by atoms with van der Waals surface area (Å²) in [5, 5.41) is 4.19. The van der Waals surface area contributed by atoms with Crippen molar-refractivity contribution in [2.24, 2.45) is 0 Å². The Hall–Kier alpha value is -8.08. The van der Waals surface area contributed by atoms with Gasteiger partial charge in [0.2, 0.25) is 0 Å². The first-order valence-corrected chi connectivity index (χ1v) is 20.2. The lowest BCUT2D eigenvalue weighted by atomic mass is 9.96. The average molecular weight is 771 g/mol. The maximum absolute atomic E-state index is 6.91. The van der Waals surface area contributed by atoms with Gasteiger partial charge in [-0.3, -0.25) is 0 Å². The van der Waals surface area contributed by atoms with Crippen molar-refractivity contribution in [2.45, 2.75) is 0 Å². The molecule has 4 nitrogen and oxygen atoms in total. The normalized spacial score (nSPS) is 11.3. The second-order valence-corrected chi connectivity index (χ2v) is 14.9. The molecule has 11 aromatic rings. The van der Waals surface area contributed by atoms with Crippen LogP contribution in [0.1, 0.15) is 0 Å². The van der Waals surface area contributed by atoms with Crippen LogP contribution in [-0.4, -0.2) is 0 Å². The number of benzene rings is 9. The van der Waals surface area contributed by atoms with E-state index in [-0.39, 0.29) is 0 Å². The van der Waals surface area contributed by atoms with Crippen molar-refractivity contribution >= 4 is 66.8 Å². The van der Waals surface area contributed by atoms with Gasteiger partial charge >= 0.3 is 0 Å². The molecule has 284 valence electrons. The largest absolute Gasteiger partial charge is 0.455 e. The molecule has 2 aromatic heterocycles. The van der Waals surface area contributed by atoms with E-state index in [1.165, 1.54) is 0 Å². The zero-order chi connectivity index (χ0) is 39.8. The quantitative estimate of drug-likeness (QED) is 0.146. The Balaban J connectivity index is 1.01. The SMILES string of the molecule is c1ccc(-c2cc3ccc4cc(-c5ccc(N(c6ccccc6)c6ccccc6)cc5)oc4c3c3cc(-c4ccc(N(c5ccccc5)c5ccccc5)cc4)oc23)cc1. The minimum Gasteiger partial charge on any atom is -0.455 e. The molecule has 2 heterocycles. The fourth-order valence-electron chi connectivity index (χ4n) is 8.38. The number of furan rings is 2. The molecular weight excluding hydrogens is 733 g/mol. The van der Waals surface area contributed by atoms with Crippen molar-refractivity contribution in [1.29, 1.82) is 0 Å². The van der Waals surface area contributed by atoms with E-state index in [4.69, 9.17) is 8.83 Å². The van der Waals surface area contributed by atoms with Gasteiger partial charge in [-0.15, -0.1) is 0 Å². The van der Waals surface area contributed by atoms with Gasteiger partial charge in [0.15, 0.2) is 0 Å². The number of hydrogen-bond acceptors (Lipinski definition) is 4. The van der Waals surface area contributed by atoms with Crippen LogP contribution in [0.3, 0.4) is 0 Å². The Morgan fingerprint density at radius 3 is 1.13 bits per heavy atom. The van der Waals surface area contributed by atoms with E-state index in [9.17, 15) is 0 Å². The van der Waals surface area contributed by atoms with Gasteiger partial charge in [-0.1, -0.05) is 115 Å². The Labute approximate surface area is 348 Å². The molecule has 0 N–H and O–H groups in total. The molecular formula is C56H38N2O2. The van der Waals surface area contributed by atoms with E-state index >= 15 is 0 Å². The number of nitrogens with zero attached hydrogens (tertiary/aromatic N) is 2. The van der Waals surface area contributed by atoms with Crippen molar-refractivity contribution in [2.75, 3.05) is 9.80 Å². The van der Waals surface area contributed by atoms with Crippen LogP contribution in [0.25, 0.3) is 66.5 Å². The second kappa shape index (κ2) is 15.0. The number of anilines is 6. The molecule has 0 fully saturated rings. The molecule has 0 radical (unpaired) electrons. The zero-order valence-electron chi connectivity index (χ0n) is 32.7. The fourth-order valence-corrected chi connectivity index (χ4v) is 8.38. The molecule has 0 aliphatic carbocycles. The third kappa shape index (κ3) is 6.37. The molecule has 0 spiro atoms. The number of para-hydroxylation sites is 4. The van der Waals surface area contributed by atoms with E-state index < -0.39 is 0 Å². The average Bonchev–Trinajstić information content (AvgIpc) is 3.97. The van der Waals surface area contributed by atoms with Crippen LogP contribution in [0.4, 0.5) is 34.1 Å². The standard InChI is InChI=1S/C56H38N2O2/c1-6-16-39(17-7-1)50-36-42-26-27-43-37-52(40-28-32-48(33-29-40)57(44-18-8-2-9-19-44)45-20-10-3-11-21-45)59-55(43)54(42)51-38-53(60-56(50)51)41-30-34-49(35-31-41)58(46-22-12-4-13-23-46)47-24-14-5-15-25-47/h1-38H. The number of fused-ring (bicyclic) bond motifs is 5.